The van der Waals surface area contributed by atoms with Gasteiger partial charge in [-0.05, 0) is 25.5 Å². The van der Waals surface area contributed by atoms with E-state index >= 15 is 0 Å². The molecule has 5 nitrogen and oxygen atoms in total. The number of esters is 1. The molecule has 0 aliphatic carbocycles. The number of hydrogen-bond acceptors (Lipinski definition) is 5. The van der Waals surface area contributed by atoms with Crippen LogP contribution in [0.5, 0.6) is 11.5 Å². The van der Waals surface area contributed by atoms with E-state index in [1.807, 2.05) is 0 Å². The second-order valence-electron chi connectivity index (χ2n) is 3.64. The Labute approximate surface area is 120 Å². The van der Waals surface area contributed by atoms with Crippen molar-refractivity contribution in [3.63, 3.8) is 0 Å². The van der Waals surface area contributed by atoms with Crippen LogP contribution in [-0.2, 0) is 9.53 Å². The number of benzene rings is 1. The van der Waals surface area contributed by atoms with E-state index in [9.17, 15) is 9.59 Å². The van der Waals surface area contributed by atoms with Gasteiger partial charge in [0.25, 0.3) is 5.78 Å². The van der Waals surface area contributed by atoms with Crippen LogP contribution in [0.4, 0.5) is 0 Å². The van der Waals surface area contributed by atoms with Gasteiger partial charge in [0, 0.05) is 4.47 Å². The Morgan fingerprint density at radius 1 is 1.26 bits per heavy atom. The fourth-order valence-corrected chi connectivity index (χ4v) is 2.03. The van der Waals surface area contributed by atoms with E-state index in [2.05, 4.69) is 15.9 Å². The average molecular weight is 331 g/mol. The Kier molecular flexibility index (Phi) is 5.35. The topological polar surface area (TPSA) is 61.8 Å². The smallest absolute Gasteiger partial charge is 0.379 e. The summed E-state index contributed by atoms with van der Waals surface area (Å²) in [6.45, 7) is 3.48. The summed E-state index contributed by atoms with van der Waals surface area (Å²) in [5, 5.41) is 0. The number of carbonyl (C=O) groups is 2. The van der Waals surface area contributed by atoms with Crippen LogP contribution in [0.3, 0.4) is 0 Å². The first-order chi connectivity index (χ1) is 8.97. The number of halogens is 1. The summed E-state index contributed by atoms with van der Waals surface area (Å²) in [5.41, 5.74) is 0.739. The molecule has 6 heteroatoms. The largest absolute Gasteiger partial charge is 0.493 e. The third-order valence-electron chi connectivity index (χ3n) is 2.55. The maximum absolute atomic E-state index is 12.1. The van der Waals surface area contributed by atoms with E-state index < -0.39 is 11.8 Å². The molecule has 1 aromatic rings. The molecule has 1 rings (SSSR count). The molecule has 0 saturated heterocycles. The normalized spacial score (nSPS) is 9.95. The Bertz CT molecular complexity index is 510. The fraction of sp³-hybridized carbons (Fsp3) is 0.385. The van der Waals surface area contributed by atoms with Crippen LogP contribution < -0.4 is 9.47 Å². The van der Waals surface area contributed by atoms with Gasteiger partial charge in [-0.3, -0.25) is 4.79 Å². The van der Waals surface area contributed by atoms with Gasteiger partial charge in [-0.15, -0.1) is 0 Å². The first kappa shape index (κ1) is 15.5. The van der Waals surface area contributed by atoms with Crippen LogP contribution in [0.2, 0.25) is 0 Å². The molecule has 19 heavy (non-hydrogen) atoms. The van der Waals surface area contributed by atoms with Gasteiger partial charge in [-0.25, -0.2) is 4.79 Å². The lowest BCUT2D eigenvalue weighted by molar-refractivity contribution is -0.137. The van der Waals surface area contributed by atoms with E-state index in [1.54, 1.807) is 19.9 Å². The molecule has 0 atom stereocenters. The molecule has 0 aliphatic heterocycles. The zero-order valence-corrected chi connectivity index (χ0v) is 12.8. The second kappa shape index (κ2) is 6.56. The van der Waals surface area contributed by atoms with E-state index in [0.29, 0.717) is 15.8 Å². The van der Waals surface area contributed by atoms with Crippen LogP contribution in [0, 0.1) is 6.92 Å². The highest BCUT2D eigenvalue weighted by Gasteiger charge is 2.27. The molecular formula is C13H15BrO5. The molecule has 1 aromatic carbocycles. The minimum Gasteiger partial charge on any atom is -0.493 e. The summed E-state index contributed by atoms with van der Waals surface area (Å²) in [5.74, 6) is -1.08. The Hall–Kier alpha value is -1.56. The van der Waals surface area contributed by atoms with E-state index in [-0.39, 0.29) is 17.9 Å². The summed E-state index contributed by atoms with van der Waals surface area (Å²) < 4.78 is 15.7. The molecule has 0 unspecified atom stereocenters. The van der Waals surface area contributed by atoms with Crippen LogP contribution in [-0.4, -0.2) is 32.6 Å². The molecule has 0 bridgehead atoms. The highest BCUT2D eigenvalue weighted by molar-refractivity contribution is 9.10. The molecule has 0 N–H and O–H groups in total. The number of Topliss-reactive ketones (excluding diaryl/α,β-unsaturated/α-hetero) is 1. The number of hydrogen-bond donors (Lipinski definition) is 0. The number of methoxy groups -OCH3 is 2. The predicted octanol–water partition coefficient (Wildman–Crippen LogP) is 2.52. The van der Waals surface area contributed by atoms with E-state index in [0.717, 1.165) is 0 Å². The maximum atomic E-state index is 12.1. The van der Waals surface area contributed by atoms with Gasteiger partial charge in [0.15, 0.2) is 11.5 Å². The molecule has 0 radical (unpaired) electrons. The zero-order valence-electron chi connectivity index (χ0n) is 11.2. The lowest BCUT2D eigenvalue weighted by Gasteiger charge is -2.15. The summed E-state index contributed by atoms with van der Waals surface area (Å²) in [6.07, 6.45) is 0. The van der Waals surface area contributed by atoms with Crippen molar-refractivity contribution in [2.75, 3.05) is 20.8 Å². The van der Waals surface area contributed by atoms with E-state index in [4.69, 9.17) is 14.2 Å². The monoisotopic (exact) mass is 330 g/mol. The highest BCUT2D eigenvalue weighted by atomic mass is 79.9. The van der Waals surface area contributed by atoms with Gasteiger partial charge >= 0.3 is 5.97 Å². The summed E-state index contributed by atoms with van der Waals surface area (Å²) >= 11 is 3.32. The third-order valence-corrected chi connectivity index (χ3v) is 3.38. The van der Waals surface area contributed by atoms with Gasteiger partial charge in [0.05, 0.1) is 26.4 Å². The van der Waals surface area contributed by atoms with Crippen LogP contribution in [0.25, 0.3) is 0 Å². The Morgan fingerprint density at radius 2 is 1.89 bits per heavy atom. The quantitative estimate of drug-likeness (QED) is 0.471. The van der Waals surface area contributed by atoms with Crippen molar-refractivity contribution in [3.8, 4) is 11.5 Å². The van der Waals surface area contributed by atoms with Crippen molar-refractivity contribution in [2.45, 2.75) is 13.8 Å². The van der Waals surface area contributed by atoms with Crippen LogP contribution in [0.15, 0.2) is 10.5 Å². The first-order valence-corrected chi connectivity index (χ1v) is 6.39. The number of ether oxygens (including phenoxy) is 3. The molecule has 0 saturated carbocycles. The zero-order chi connectivity index (χ0) is 14.6. The number of ketones is 1. The molecule has 0 aromatic heterocycles. The van der Waals surface area contributed by atoms with Crippen molar-refractivity contribution in [3.05, 3.63) is 21.7 Å². The minimum absolute atomic E-state index is 0.136. The third kappa shape index (κ3) is 3.07. The standard InChI is InChI=1S/C13H15BrO5/c1-5-19-13(16)11(15)10-7(2)8(14)6-9(17-3)12(10)18-4/h6H,5H2,1-4H3. The van der Waals surface area contributed by atoms with Gasteiger partial charge in [-0.2, -0.15) is 0 Å². The Balaban J connectivity index is 3.43. The number of carbonyl (C=O) groups excluding carboxylic acids is 2. The summed E-state index contributed by atoms with van der Waals surface area (Å²) in [6, 6.07) is 1.68. The van der Waals surface area contributed by atoms with Gasteiger partial charge in [0.1, 0.15) is 0 Å². The van der Waals surface area contributed by atoms with Gasteiger partial charge in [0.2, 0.25) is 0 Å². The van der Waals surface area contributed by atoms with Gasteiger partial charge in [-0.1, -0.05) is 15.9 Å². The second-order valence-corrected chi connectivity index (χ2v) is 4.50. The number of rotatable bonds is 5. The lowest BCUT2D eigenvalue weighted by atomic mass is 10.0. The van der Waals surface area contributed by atoms with Crippen molar-refractivity contribution in [1.82, 2.24) is 0 Å². The molecule has 0 spiro atoms. The van der Waals surface area contributed by atoms with Crippen molar-refractivity contribution in [2.24, 2.45) is 0 Å². The van der Waals surface area contributed by atoms with Crippen LogP contribution >= 0.6 is 15.9 Å². The summed E-state index contributed by atoms with van der Waals surface area (Å²) in [7, 11) is 2.87. The van der Waals surface area contributed by atoms with Crippen molar-refractivity contribution >= 4 is 27.7 Å². The maximum Gasteiger partial charge on any atom is 0.379 e. The SMILES string of the molecule is CCOC(=O)C(=O)c1c(C)c(Br)cc(OC)c1OC. The molecule has 0 amide bonds. The van der Waals surface area contributed by atoms with Crippen LogP contribution in [0.1, 0.15) is 22.8 Å². The predicted molar refractivity (Wildman–Crippen MR) is 72.9 cm³/mol. The Morgan fingerprint density at radius 3 is 2.37 bits per heavy atom. The molecule has 0 heterocycles. The minimum atomic E-state index is -0.913. The van der Waals surface area contributed by atoms with Crippen molar-refractivity contribution < 1.29 is 23.8 Å². The average Bonchev–Trinajstić information content (AvgIpc) is 2.40. The highest BCUT2D eigenvalue weighted by Crippen LogP contribution is 2.38. The van der Waals surface area contributed by atoms with Crippen molar-refractivity contribution in [1.29, 1.82) is 0 Å². The molecule has 0 aliphatic rings. The molecular weight excluding hydrogens is 316 g/mol. The van der Waals surface area contributed by atoms with Gasteiger partial charge < -0.3 is 14.2 Å². The summed E-state index contributed by atoms with van der Waals surface area (Å²) in [4.78, 5) is 23.7. The molecule has 0 fully saturated rings. The lowest BCUT2D eigenvalue weighted by Crippen LogP contribution is -2.20. The van der Waals surface area contributed by atoms with E-state index in [1.165, 1.54) is 14.2 Å². The molecule has 104 valence electrons. The first-order valence-electron chi connectivity index (χ1n) is 5.60. The fourth-order valence-electron chi connectivity index (χ4n) is 1.63.